The number of hydrogen-bond acceptors (Lipinski definition) is 8. The summed E-state index contributed by atoms with van der Waals surface area (Å²) in [6.45, 7) is 8.19. The third-order valence-electron chi connectivity index (χ3n) is 8.79. The molecule has 1 spiro atoms. The SMILES string of the molecule is CCC(=O)CCCCCC(NC(=O)C1=NOC2(CCN(C(C)C)CC2)C1)c1ncc(-c2cc3ccccc3nc2OC)[nH]1. The van der Waals surface area contributed by atoms with E-state index in [0.717, 1.165) is 67.4 Å². The van der Waals surface area contributed by atoms with Crippen LogP contribution in [0.5, 0.6) is 5.88 Å². The molecule has 0 aliphatic carbocycles. The lowest BCUT2D eigenvalue weighted by molar-refractivity contribution is -0.119. The van der Waals surface area contributed by atoms with Gasteiger partial charge < -0.3 is 24.8 Å². The summed E-state index contributed by atoms with van der Waals surface area (Å²) in [5.74, 6) is 1.21. The Bertz CT molecular complexity index is 1460. The zero-order chi connectivity index (χ0) is 30.4. The van der Waals surface area contributed by atoms with E-state index in [0.29, 0.717) is 49.1 Å². The van der Waals surface area contributed by atoms with Gasteiger partial charge >= 0.3 is 0 Å². The van der Waals surface area contributed by atoms with Gasteiger partial charge in [-0.05, 0) is 38.8 Å². The fourth-order valence-electron chi connectivity index (χ4n) is 6.00. The number of likely N-dealkylation sites (tertiary alicyclic amines) is 1. The van der Waals surface area contributed by atoms with Crippen LogP contribution in [-0.4, -0.2) is 69.1 Å². The maximum Gasteiger partial charge on any atom is 0.269 e. The fourth-order valence-corrected chi connectivity index (χ4v) is 6.00. The van der Waals surface area contributed by atoms with E-state index < -0.39 is 5.60 Å². The number of rotatable bonds is 13. The van der Waals surface area contributed by atoms with E-state index in [1.807, 2.05) is 37.3 Å². The number of hydrogen-bond donors (Lipinski definition) is 2. The van der Waals surface area contributed by atoms with Crippen molar-refractivity contribution in [2.75, 3.05) is 20.2 Å². The van der Waals surface area contributed by atoms with E-state index in [4.69, 9.17) is 14.6 Å². The van der Waals surface area contributed by atoms with Crippen LogP contribution < -0.4 is 10.1 Å². The molecule has 1 aromatic carbocycles. The second-order valence-electron chi connectivity index (χ2n) is 12.1. The Balaban J connectivity index is 1.30. The van der Waals surface area contributed by atoms with Crippen molar-refractivity contribution in [2.45, 2.75) is 96.2 Å². The summed E-state index contributed by atoms with van der Waals surface area (Å²) in [5, 5.41) is 8.45. The number of carbonyl (C=O) groups excluding carboxylic acids is 2. The van der Waals surface area contributed by atoms with Crippen molar-refractivity contribution in [1.29, 1.82) is 0 Å². The van der Waals surface area contributed by atoms with Gasteiger partial charge in [0.2, 0.25) is 5.88 Å². The standard InChI is InChI=1S/C33H44N6O4/c1-5-24(40)12-7-6-8-14-27(36-31(41)28-20-33(43-38-28)15-17-39(18-16-33)22(2)3)30-34-21-29(35-30)25-19-23-11-9-10-13-26(23)37-32(25)42-4/h9-11,13,19,21-22,27H,5-8,12,14-18,20H2,1-4H3,(H,34,35)(H,36,41). The number of para-hydroxylation sites is 1. The Hall–Kier alpha value is -3.79. The molecule has 1 saturated heterocycles. The van der Waals surface area contributed by atoms with Crippen molar-refractivity contribution in [3.05, 3.63) is 42.4 Å². The van der Waals surface area contributed by atoms with Gasteiger partial charge in [-0.2, -0.15) is 0 Å². The number of fused-ring (bicyclic) bond motifs is 1. The number of ketones is 1. The second-order valence-corrected chi connectivity index (χ2v) is 12.1. The lowest BCUT2D eigenvalue weighted by atomic mass is 9.86. The number of pyridine rings is 1. The summed E-state index contributed by atoms with van der Waals surface area (Å²) in [7, 11) is 1.61. The molecule has 1 atom stereocenters. The van der Waals surface area contributed by atoms with Crippen molar-refractivity contribution >= 4 is 28.3 Å². The number of unbranched alkanes of at least 4 members (excludes halogenated alkanes) is 2. The molecule has 0 bridgehead atoms. The van der Waals surface area contributed by atoms with Crippen molar-refractivity contribution in [3.63, 3.8) is 0 Å². The Labute approximate surface area is 253 Å². The van der Waals surface area contributed by atoms with Gasteiger partial charge in [0.05, 0.1) is 36.1 Å². The molecule has 2 aliphatic rings. The molecule has 2 aliphatic heterocycles. The van der Waals surface area contributed by atoms with E-state index in [2.05, 4.69) is 39.2 Å². The lowest BCUT2D eigenvalue weighted by Crippen LogP contribution is -2.47. The highest BCUT2D eigenvalue weighted by Crippen LogP contribution is 2.36. The number of Topliss-reactive ketones (excluding diaryl/α,β-unsaturated/α-hetero) is 1. The summed E-state index contributed by atoms with van der Waals surface area (Å²) < 4.78 is 5.62. The quantitative estimate of drug-likeness (QED) is 0.244. The smallest absolute Gasteiger partial charge is 0.269 e. The first-order valence-electron chi connectivity index (χ1n) is 15.6. The number of nitrogens with zero attached hydrogens (tertiary/aromatic N) is 4. The van der Waals surface area contributed by atoms with Gasteiger partial charge in [0.25, 0.3) is 5.91 Å². The van der Waals surface area contributed by atoms with Crippen LogP contribution in [-0.2, 0) is 14.4 Å². The highest BCUT2D eigenvalue weighted by molar-refractivity contribution is 6.39. The average Bonchev–Trinajstić information content (AvgIpc) is 3.68. The minimum atomic E-state index is -0.392. The molecule has 2 aromatic heterocycles. The molecule has 1 unspecified atom stereocenters. The maximum atomic E-state index is 13.5. The summed E-state index contributed by atoms with van der Waals surface area (Å²) in [6.07, 6.45) is 8.41. The number of aromatic nitrogens is 3. The van der Waals surface area contributed by atoms with Gasteiger partial charge in [-0.3, -0.25) is 9.59 Å². The zero-order valence-electron chi connectivity index (χ0n) is 25.8. The van der Waals surface area contributed by atoms with Crippen LogP contribution in [0.1, 0.15) is 90.4 Å². The first-order valence-corrected chi connectivity index (χ1v) is 15.6. The third-order valence-corrected chi connectivity index (χ3v) is 8.79. The normalized spacial score (nSPS) is 17.2. The minimum absolute atomic E-state index is 0.225. The van der Waals surface area contributed by atoms with E-state index >= 15 is 0 Å². The van der Waals surface area contributed by atoms with Crippen LogP contribution in [0.25, 0.3) is 22.2 Å². The van der Waals surface area contributed by atoms with E-state index in [9.17, 15) is 9.59 Å². The van der Waals surface area contributed by atoms with Crippen molar-refractivity contribution in [3.8, 4) is 17.1 Å². The minimum Gasteiger partial charge on any atom is -0.480 e. The number of nitrogens with one attached hydrogen (secondary N) is 2. The van der Waals surface area contributed by atoms with Crippen molar-refractivity contribution in [2.24, 2.45) is 5.16 Å². The van der Waals surface area contributed by atoms with Gasteiger partial charge in [0.1, 0.15) is 22.9 Å². The van der Waals surface area contributed by atoms with Crippen molar-refractivity contribution in [1.82, 2.24) is 25.2 Å². The van der Waals surface area contributed by atoms with E-state index in [1.165, 1.54) is 0 Å². The van der Waals surface area contributed by atoms with E-state index in [1.54, 1.807) is 13.3 Å². The van der Waals surface area contributed by atoms with Crippen molar-refractivity contribution < 1.29 is 19.2 Å². The third kappa shape index (κ3) is 7.24. The summed E-state index contributed by atoms with van der Waals surface area (Å²) in [5.41, 5.74) is 2.45. The van der Waals surface area contributed by atoms with E-state index in [-0.39, 0.29) is 17.7 Å². The maximum absolute atomic E-state index is 13.5. The number of carbonyl (C=O) groups is 2. The largest absolute Gasteiger partial charge is 0.480 e. The number of aromatic amines is 1. The van der Waals surface area contributed by atoms with Gasteiger partial charge in [-0.1, -0.05) is 43.1 Å². The van der Waals surface area contributed by atoms with Gasteiger partial charge in [-0.25, -0.2) is 9.97 Å². The molecular weight excluding hydrogens is 544 g/mol. The van der Waals surface area contributed by atoms with Gasteiger partial charge in [0.15, 0.2) is 0 Å². The predicted molar refractivity (Wildman–Crippen MR) is 167 cm³/mol. The highest BCUT2D eigenvalue weighted by atomic mass is 16.7. The molecule has 10 heteroatoms. The molecule has 5 rings (SSSR count). The molecular formula is C33H44N6O4. The molecule has 3 aromatic rings. The predicted octanol–water partition coefficient (Wildman–Crippen LogP) is 5.74. The topological polar surface area (TPSA) is 122 Å². The molecule has 0 saturated carbocycles. The molecule has 0 radical (unpaired) electrons. The summed E-state index contributed by atoms with van der Waals surface area (Å²) >= 11 is 0. The molecule has 2 N–H and O–H groups in total. The average molecular weight is 589 g/mol. The zero-order valence-corrected chi connectivity index (χ0v) is 25.8. The fraction of sp³-hybridized carbons (Fsp3) is 0.545. The molecule has 230 valence electrons. The van der Waals surface area contributed by atoms with Gasteiger partial charge in [-0.15, -0.1) is 0 Å². The number of H-pyrrole nitrogens is 1. The number of imidazole rings is 1. The second kappa shape index (κ2) is 13.7. The molecule has 1 fully saturated rings. The molecule has 43 heavy (non-hydrogen) atoms. The number of oxime groups is 1. The Morgan fingerprint density at radius 1 is 1.16 bits per heavy atom. The summed E-state index contributed by atoms with van der Waals surface area (Å²) in [6, 6.07) is 10.1. The number of methoxy groups -OCH3 is 1. The number of piperidine rings is 1. The number of ether oxygens (including phenoxy) is 1. The van der Waals surface area contributed by atoms with Crippen LogP contribution in [0.3, 0.4) is 0 Å². The summed E-state index contributed by atoms with van der Waals surface area (Å²) in [4.78, 5) is 46.4. The van der Waals surface area contributed by atoms with Crippen LogP contribution in [0.4, 0.5) is 0 Å². The van der Waals surface area contributed by atoms with Gasteiger partial charge in [0, 0.05) is 56.6 Å². The number of amides is 1. The first-order chi connectivity index (χ1) is 20.8. The highest BCUT2D eigenvalue weighted by Gasteiger charge is 2.44. The van der Waals surface area contributed by atoms with Crippen LogP contribution in [0.2, 0.25) is 0 Å². The van der Waals surface area contributed by atoms with Crippen LogP contribution in [0.15, 0.2) is 41.7 Å². The Morgan fingerprint density at radius 3 is 2.70 bits per heavy atom. The Morgan fingerprint density at radius 2 is 1.95 bits per heavy atom. The van der Waals surface area contributed by atoms with Crippen LogP contribution >= 0.6 is 0 Å². The number of benzene rings is 1. The molecule has 1 amide bonds. The Kier molecular flexibility index (Phi) is 9.75. The lowest BCUT2D eigenvalue weighted by Gasteiger charge is -2.39. The first kappa shape index (κ1) is 30.7. The monoisotopic (exact) mass is 588 g/mol. The van der Waals surface area contributed by atoms with Crippen LogP contribution in [0, 0.1) is 0 Å². The molecule has 10 nitrogen and oxygen atoms in total. The molecule has 4 heterocycles.